The topological polar surface area (TPSA) is 44.0 Å². The van der Waals surface area contributed by atoms with Crippen molar-refractivity contribution in [3.05, 3.63) is 66.0 Å². The fraction of sp³-hybridized carbons (Fsp3) is 0.188. The van der Waals surface area contributed by atoms with E-state index in [-0.39, 0.29) is 5.76 Å². The second-order valence-corrected chi connectivity index (χ2v) is 3.37. The van der Waals surface area contributed by atoms with Crippen LogP contribution >= 0.6 is 0 Å². The number of benzene rings is 1. The van der Waals surface area contributed by atoms with Crippen molar-refractivity contribution in [2.75, 3.05) is 0 Å². The molecule has 0 aliphatic heterocycles. The first-order chi connectivity index (χ1) is 8.63. The summed E-state index contributed by atoms with van der Waals surface area (Å²) in [6, 6.07) is 7.51. The smallest absolute Gasteiger partial charge is 0.122 e. The Morgan fingerprint density at radius 2 is 1.89 bits per heavy atom. The van der Waals surface area contributed by atoms with Crippen molar-refractivity contribution < 1.29 is 5.11 Å². The van der Waals surface area contributed by atoms with Crippen LogP contribution in [0, 0.1) is 18.3 Å². The summed E-state index contributed by atoms with van der Waals surface area (Å²) < 4.78 is 0. The van der Waals surface area contributed by atoms with E-state index < -0.39 is 0 Å². The summed E-state index contributed by atoms with van der Waals surface area (Å²) in [7, 11) is 0. The lowest BCUT2D eigenvalue weighted by molar-refractivity contribution is 0.436. The van der Waals surface area contributed by atoms with Gasteiger partial charge in [0.15, 0.2) is 0 Å². The number of aryl methyl sites for hydroxylation is 1. The van der Waals surface area contributed by atoms with Crippen LogP contribution in [0.25, 0.3) is 5.57 Å². The standard InChI is InChI=1S/C14H13NO.C2H6/c1-4-12(14(16)5-2)13-8-10(3)6-7-11(13)9-15;1-2/h4-8,16H,1-2H2,3H3;1-2H3/b14-12-;. The van der Waals surface area contributed by atoms with E-state index in [9.17, 15) is 5.11 Å². The van der Waals surface area contributed by atoms with Crippen LogP contribution in [-0.4, -0.2) is 5.11 Å². The van der Waals surface area contributed by atoms with Gasteiger partial charge in [0.2, 0.25) is 0 Å². The minimum Gasteiger partial charge on any atom is -0.507 e. The number of rotatable bonds is 3. The van der Waals surface area contributed by atoms with E-state index in [0.29, 0.717) is 16.7 Å². The maximum absolute atomic E-state index is 9.66. The first-order valence-corrected chi connectivity index (χ1v) is 5.83. The van der Waals surface area contributed by atoms with Gasteiger partial charge in [0, 0.05) is 11.1 Å². The molecule has 1 N–H and O–H groups in total. The van der Waals surface area contributed by atoms with Gasteiger partial charge in [0.1, 0.15) is 5.76 Å². The molecule has 1 rings (SSSR count). The van der Waals surface area contributed by atoms with E-state index in [1.165, 1.54) is 12.2 Å². The molecule has 0 amide bonds. The number of allylic oxidation sites excluding steroid dienone is 3. The van der Waals surface area contributed by atoms with E-state index in [2.05, 4.69) is 19.2 Å². The Bertz CT molecular complexity index is 504. The Labute approximate surface area is 109 Å². The van der Waals surface area contributed by atoms with Crippen LogP contribution in [0.5, 0.6) is 0 Å². The summed E-state index contributed by atoms with van der Waals surface area (Å²) in [6.07, 6.45) is 2.85. The molecule has 0 bridgehead atoms. The molecule has 0 fully saturated rings. The zero-order valence-electron chi connectivity index (χ0n) is 11.2. The van der Waals surface area contributed by atoms with Gasteiger partial charge in [-0.3, -0.25) is 0 Å². The van der Waals surface area contributed by atoms with Crippen LogP contribution in [0.2, 0.25) is 0 Å². The summed E-state index contributed by atoms with van der Waals surface area (Å²) in [6.45, 7) is 13.1. The molecule has 0 unspecified atom stereocenters. The average molecular weight is 241 g/mol. The van der Waals surface area contributed by atoms with Gasteiger partial charge >= 0.3 is 0 Å². The number of aliphatic hydroxyl groups is 1. The molecule has 0 atom stereocenters. The molecule has 2 heteroatoms. The van der Waals surface area contributed by atoms with Crippen molar-refractivity contribution in [2.24, 2.45) is 0 Å². The third kappa shape index (κ3) is 3.64. The molecule has 2 nitrogen and oxygen atoms in total. The van der Waals surface area contributed by atoms with Crippen molar-refractivity contribution in [3.63, 3.8) is 0 Å². The third-order valence-electron chi connectivity index (χ3n) is 2.26. The second kappa shape index (κ2) is 7.92. The Balaban J connectivity index is 0.00000137. The summed E-state index contributed by atoms with van der Waals surface area (Å²) >= 11 is 0. The number of hydrogen-bond acceptors (Lipinski definition) is 2. The van der Waals surface area contributed by atoms with E-state index in [4.69, 9.17) is 5.26 Å². The highest BCUT2D eigenvalue weighted by Gasteiger charge is 2.08. The van der Waals surface area contributed by atoms with Gasteiger partial charge in [-0.25, -0.2) is 0 Å². The highest BCUT2D eigenvalue weighted by atomic mass is 16.3. The second-order valence-electron chi connectivity index (χ2n) is 3.37. The Morgan fingerprint density at radius 3 is 2.33 bits per heavy atom. The van der Waals surface area contributed by atoms with Crippen molar-refractivity contribution >= 4 is 5.57 Å². The van der Waals surface area contributed by atoms with E-state index in [0.717, 1.165) is 5.56 Å². The summed E-state index contributed by atoms with van der Waals surface area (Å²) in [5, 5.41) is 18.7. The lowest BCUT2D eigenvalue weighted by Crippen LogP contribution is -1.92. The maximum atomic E-state index is 9.66. The molecular weight excluding hydrogens is 222 g/mol. The van der Waals surface area contributed by atoms with Crippen molar-refractivity contribution in [1.29, 1.82) is 5.26 Å². The van der Waals surface area contributed by atoms with Gasteiger partial charge in [-0.2, -0.15) is 5.26 Å². The van der Waals surface area contributed by atoms with E-state index in [1.54, 1.807) is 6.07 Å². The molecular formula is C16H19NO. The fourth-order valence-corrected chi connectivity index (χ4v) is 1.44. The molecule has 18 heavy (non-hydrogen) atoms. The summed E-state index contributed by atoms with van der Waals surface area (Å²) in [5.74, 6) is 0.0251. The normalized spacial score (nSPS) is 10.3. The monoisotopic (exact) mass is 241 g/mol. The Hall–Kier alpha value is -2.27. The molecule has 0 spiro atoms. The minimum absolute atomic E-state index is 0.0251. The van der Waals surface area contributed by atoms with Crippen LogP contribution in [0.15, 0.2) is 49.3 Å². The lowest BCUT2D eigenvalue weighted by Gasteiger charge is -2.07. The first kappa shape index (κ1) is 15.7. The SMILES string of the molecule is C=C/C(O)=C(\C=C)c1cc(C)ccc1C#N.CC. The van der Waals surface area contributed by atoms with Gasteiger partial charge in [0.25, 0.3) is 0 Å². The van der Waals surface area contributed by atoms with Crippen molar-refractivity contribution in [1.82, 2.24) is 0 Å². The zero-order chi connectivity index (χ0) is 14.1. The number of aliphatic hydroxyl groups excluding tert-OH is 1. The highest BCUT2D eigenvalue weighted by molar-refractivity contribution is 5.80. The summed E-state index contributed by atoms with van der Waals surface area (Å²) in [4.78, 5) is 0. The van der Waals surface area contributed by atoms with Crippen LogP contribution in [0.4, 0.5) is 0 Å². The molecule has 94 valence electrons. The van der Waals surface area contributed by atoms with Crippen LogP contribution in [-0.2, 0) is 0 Å². The number of nitrogens with zero attached hydrogens (tertiary/aromatic N) is 1. The molecule has 1 aromatic rings. The van der Waals surface area contributed by atoms with Gasteiger partial charge in [-0.15, -0.1) is 0 Å². The molecule has 0 aromatic heterocycles. The molecule has 1 aromatic carbocycles. The molecule has 0 saturated carbocycles. The third-order valence-corrected chi connectivity index (χ3v) is 2.26. The van der Waals surface area contributed by atoms with Crippen molar-refractivity contribution in [3.8, 4) is 6.07 Å². The number of hydrogen-bond donors (Lipinski definition) is 1. The first-order valence-electron chi connectivity index (χ1n) is 5.83. The zero-order valence-corrected chi connectivity index (χ0v) is 11.2. The van der Waals surface area contributed by atoms with Crippen LogP contribution in [0.1, 0.15) is 30.5 Å². The van der Waals surface area contributed by atoms with Gasteiger partial charge < -0.3 is 5.11 Å². The van der Waals surface area contributed by atoms with Crippen LogP contribution < -0.4 is 0 Å². The molecule has 0 heterocycles. The Morgan fingerprint density at radius 1 is 1.28 bits per heavy atom. The van der Waals surface area contributed by atoms with E-state index >= 15 is 0 Å². The minimum atomic E-state index is 0.0251. The maximum Gasteiger partial charge on any atom is 0.122 e. The molecule has 0 aliphatic carbocycles. The predicted molar refractivity (Wildman–Crippen MR) is 77.2 cm³/mol. The van der Waals surface area contributed by atoms with Gasteiger partial charge in [0.05, 0.1) is 11.6 Å². The molecule has 0 aliphatic rings. The summed E-state index contributed by atoms with van der Waals surface area (Å²) in [5.41, 5.74) is 2.73. The quantitative estimate of drug-likeness (QED) is 0.624. The van der Waals surface area contributed by atoms with E-state index in [1.807, 2.05) is 32.9 Å². The number of nitriles is 1. The molecule has 0 saturated heterocycles. The van der Waals surface area contributed by atoms with Gasteiger partial charge in [-0.05, 0) is 25.1 Å². The largest absolute Gasteiger partial charge is 0.507 e. The lowest BCUT2D eigenvalue weighted by atomic mass is 9.97. The molecule has 0 radical (unpaired) electrons. The predicted octanol–water partition coefficient (Wildman–Crippen LogP) is 4.53. The Kier molecular flexibility index (Phi) is 6.92. The van der Waals surface area contributed by atoms with Crippen LogP contribution in [0.3, 0.4) is 0 Å². The highest BCUT2D eigenvalue weighted by Crippen LogP contribution is 2.24. The fourth-order valence-electron chi connectivity index (χ4n) is 1.44. The van der Waals surface area contributed by atoms with Gasteiger partial charge in [-0.1, -0.05) is 44.7 Å². The average Bonchev–Trinajstić information content (AvgIpc) is 2.42. The van der Waals surface area contributed by atoms with Crippen molar-refractivity contribution in [2.45, 2.75) is 20.8 Å².